The van der Waals surface area contributed by atoms with Crippen LogP contribution in [0.25, 0.3) is 38.8 Å². The molecule has 1 N–H and O–H groups in total. The largest absolute Gasteiger partial charge is 0.317 e. The molecule has 0 saturated carbocycles. The third-order valence-corrected chi connectivity index (χ3v) is 7.66. The van der Waals surface area contributed by atoms with Crippen molar-refractivity contribution in [3.05, 3.63) is 78.2 Å². The SMILES string of the molecule is CC(=O)N(c1cc(-n2nc(C(C)C)c3c(-c4cnc5ccccc5c4)ccnc32)ccc1C#N)C1CCNCC1. The van der Waals surface area contributed by atoms with E-state index in [2.05, 4.69) is 37.4 Å². The van der Waals surface area contributed by atoms with Gasteiger partial charge in [0.15, 0.2) is 5.65 Å². The van der Waals surface area contributed by atoms with Gasteiger partial charge in [0.05, 0.1) is 33.5 Å². The topological polar surface area (TPSA) is 99.7 Å². The maximum absolute atomic E-state index is 12.9. The van der Waals surface area contributed by atoms with Gasteiger partial charge in [0.1, 0.15) is 6.07 Å². The summed E-state index contributed by atoms with van der Waals surface area (Å²) in [6.07, 6.45) is 5.38. The number of nitriles is 1. The Morgan fingerprint density at radius 2 is 1.90 bits per heavy atom. The smallest absolute Gasteiger partial charge is 0.224 e. The number of amides is 1. The fourth-order valence-corrected chi connectivity index (χ4v) is 5.75. The first kappa shape index (κ1) is 25.7. The molecule has 1 aliphatic rings. The zero-order chi connectivity index (χ0) is 27.8. The minimum atomic E-state index is -0.0713. The van der Waals surface area contributed by atoms with Gasteiger partial charge in [-0.2, -0.15) is 10.4 Å². The van der Waals surface area contributed by atoms with E-state index in [-0.39, 0.29) is 17.9 Å². The predicted octanol–water partition coefficient (Wildman–Crippen LogP) is 5.74. The predicted molar refractivity (Wildman–Crippen MR) is 157 cm³/mol. The second-order valence-electron chi connectivity index (χ2n) is 10.6. The molecule has 8 heteroatoms. The molecule has 8 nitrogen and oxygen atoms in total. The molecule has 1 amide bonds. The molecule has 40 heavy (non-hydrogen) atoms. The summed E-state index contributed by atoms with van der Waals surface area (Å²) >= 11 is 0. The molecule has 0 radical (unpaired) electrons. The van der Waals surface area contributed by atoms with Gasteiger partial charge in [-0.25, -0.2) is 9.67 Å². The highest BCUT2D eigenvalue weighted by atomic mass is 16.2. The number of fused-ring (bicyclic) bond motifs is 2. The molecule has 1 saturated heterocycles. The van der Waals surface area contributed by atoms with Gasteiger partial charge >= 0.3 is 0 Å². The van der Waals surface area contributed by atoms with Crippen LogP contribution in [0.4, 0.5) is 5.69 Å². The van der Waals surface area contributed by atoms with Crippen molar-refractivity contribution in [2.75, 3.05) is 18.0 Å². The highest BCUT2D eigenvalue weighted by Crippen LogP contribution is 2.36. The van der Waals surface area contributed by atoms with E-state index < -0.39 is 0 Å². The number of carbonyl (C=O) groups excluding carboxylic acids is 1. The van der Waals surface area contributed by atoms with E-state index in [9.17, 15) is 10.1 Å². The molecule has 200 valence electrons. The minimum absolute atomic E-state index is 0.0341. The molecule has 6 rings (SSSR count). The summed E-state index contributed by atoms with van der Waals surface area (Å²) in [6, 6.07) is 20.2. The van der Waals surface area contributed by atoms with Gasteiger partial charge in [-0.3, -0.25) is 9.78 Å². The number of para-hydroxylation sites is 1. The average molecular weight is 530 g/mol. The van der Waals surface area contributed by atoms with E-state index >= 15 is 0 Å². The third kappa shape index (κ3) is 4.48. The number of anilines is 1. The quantitative estimate of drug-likeness (QED) is 0.312. The molecule has 0 aliphatic carbocycles. The van der Waals surface area contributed by atoms with E-state index in [0.717, 1.165) is 70.4 Å². The Morgan fingerprint density at radius 3 is 2.65 bits per heavy atom. The number of benzene rings is 2. The lowest BCUT2D eigenvalue weighted by Crippen LogP contribution is -2.45. The van der Waals surface area contributed by atoms with Crippen LogP contribution in [0.5, 0.6) is 0 Å². The van der Waals surface area contributed by atoms with Gasteiger partial charge in [-0.1, -0.05) is 32.0 Å². The van der Waals surface area contributed by atoms with E-state index in [1.165, 1.54) is 0 Å². The van der Waals surface area contributed by atoms with Gasteiger partial charge < -0.3 is 10.2 Å². The summed E-state index contributed by atoms with van der Waals surface area (Å²) in [4.78, 5) is 24.2. The fraction of sp³-hybridized carbons (Fsp3) is 0.281. The van der Waals surface area contributed by atoms with Crippen LogP contribution in [0.2, 0.25) is 0 Å². The lowest BCUT2D eigenvalue weighted by Gasteiger charge is -2.34. The fourth-order valence-electron chi connectivity index (χ4n) is 5.75. The summed E-state index contributed by atoms with van der Waals surface area (Å²) in [7, 11) is 0. The molecule has 5 aromatic rings. The number of piperidine rings is 1. The maximum atomic E-state index is 12.9. The third-order valence-electron chi connectivity index (χ3n) is 7.66. The molecule has 0 spiro atoms. The van der Waals surface area contributed by atoms with Gasteiger partial charge in [-0.05, 0) is 73.8 Å². The summed E-state index contributed by atoms with van der Waals surface area (Å²) < 4.78 is 1.84. The van der Waals surface area contributed by atoms with Gasteiger partial charge in [0.25, 0.3) is 0 Å². The van der Waals surface area contributed by atoms with Crippen molar-refractivity contribution in [2.24, 2.45) is 0 Å². The Labute approximate surface area is 233 Å². The normalized spacial score (nSPS) is 14.1. The Balaban J connectivity index is 1.54. The number of nitrogens with zero attached hydrogens (tertiary/aromatic N) is 6. The van der Waals surface area contributed by atoms with E-state index in [1.54, 1.807) is 24.1 Å². The van der Waals surface area contributed by atoms with Crippen molar-refractivity contribution in [2.45, 2.75) is 45.6 Å². The van der Waals surface area contributed by atoms with Crippen LogP contribution in [-0.4, -0.2) is 44.8 Å². The van der Waals surface area contributed by atoms with Crippen molar-refractivity contribution in [1.29, 1.82) is 5.26 Å². The number of carbonyl (C=O) groups is 1. The van der Waals surface area contributed by atoms with Crippen LogP contribution in [-0.2, 0) is 4.79 Å². The van der Waals surface area contributed by atoms with Crippen molar-refractivity contribution in [1.82, 2.24) is 25.1 Å². The van der Waals surface area contributed by atoms with E-state index in [0.29, 0.717) is 11.3 Å². The van der Waals surface area contributed by atoms with E-state index in [1.807, 2.05) is 47.3 Å². The monoisotopic (exact) mass is 529 g/mol. The molecule has 1 aliphatic heterocycles. The highest BCUT2D eigenvalue weighted by Gasteiger charge is 2.28. The standard InChI is InChI=1S/C32H31N7O/c1-20(2)31-30-27(24-16-22-6-4-5-7-28(22)36-19-24)12-15-35-32(30)39(37-31)26-9-8-23(18-33)29(17-26)38(21(3)40)25-10-13-34-14-11-25/h4-9,12,15-17,19-20,25,34H,10-11,13-14H2,1-3H3. The first-order valence-electron chi connectivity index (χ1n) is 13.7. The number of rotatable bonds is 5. The highest BCUT2D eigenvalue weighted by molar-refractivity contribution is 5.98. The van der Waals surface area contributed by atoms with Crippen molar-refractivity contribution < 1.29 is 4.79 Å². The van der Waals surface area contributed by atoms with Crippen molar-refractivity contribution in [3.8, 4) is 22.9 Å². The number of nitrogens with one attached hydrogen (secondary N) is 1. The summed E-state index contributed by atoms with van der Waals surface area (Å²) in [6.45, 7) is 7.50. The molecule has 4 heterocycles. The molecule has 0 atom stereocenters. The molecule has 0 bridgehead atoms. The van der Waals surface area contributed by atoms with Gasteiger partial charge in [-0.15, -0.1) is 0 Å². The van der Waals surface area contributed by atoms with Gasteiger partial charge in [0, 0.05) is 36.3 Å². The Bertz CT molecular complexity index is 1780. The summed E-state index contributed by atoms with van der Waals surface area (Å²) in [5.74, 6) is 0.0689. The van der Waals surface area contributed by atoms with Crippen LogP contribution in [0.1, 0.15) is 50.8 Å². The zero-order valence-electron chi connectivity index (χ0n) is 22.9. The molecular weight excluding hydrogens is 498 g/mol. The Kier molecular flexibility index (Phi) is 6.74. The maximum Gasteiger partial charge on any atom is 0.224 e. The first-order chi connectivity index (χ1) is 19.5. The molecule has 3 aromatic heterocycles. The Hall–Kier alpha value is -4.61. The summed E-state index contributed by atoms with van der Waals surface area (Å²) in [5.41, 5.74) is 6.46. The van der Waals surface area contributed by atoms with Crippen LogP contribution >= 0.6 is 0 Å². The number of hydrogen-bond donors (Lipinski definition) is 1. The average Bonchev–Trinajstić information content (AvgIpc) is 3.38. The lowest BCUT2D eigenvalue weighted by atomic mass is 9.98. The summed E-state index contributed by atoms with van der Waals surface area (Å²) in [5, 5.41) is 20.4. The molecular formula is C32H31N7O. The van der Waals surface area contributed by atoms with Crippen LogP contribution in [0.15, 0.2) is 67.0 Å². The molecule has 1 fully saturated rings. The number of pyridine rings is 2. The first-order valence-corrected chi connectivity index (χ1v) is 13.7. The van der Waals surface area contributed by atoms with Crippen LogP contribution in [0.3, 0.4) is 0 Å². The Morgan fingerprint density at radius 1 is 1.10 bits per heavy atom. The molecule has 2 aromatic carbocycles. The second-order valence-corrected chi connectivity index (χ2v) is 10.6. The minimum Gasteiger partial charge on any atom is -0.317 e. The van der Waals surface area contributed by atoms with E-state index in [4.69, 9.17) is 15.1 Å². The lowest BCUT2D eigenvalue weighted by molar-refractivity contribution is -0.117. The number of hydrogen-bond acceptors (Lipinski definition) is 6. The van der Waals surface area contributed by atoms with Crippen molar-refractivity contribution in [3.63, 3.8) is 0 Å². The van der Waals surface area contributed by atoms with Crippen LogP contribution < -0.4 is 10.2 Å². The second kappa shape index (κ2) is 10.5. The van der Waals surface area contributed by atoms with Gasteiger partial charge in [0.2, 0.25) is 5.91 Å². The molecule has 0 unspecified atom stereocenters. The zero-order valence-corrected chi connectivity index (χ0v) is 22.9. The van der Waals surface area contributed by atoms with Crippen molar-refractivity contribution >= 4 is 33.5 Å². The number of aromatic nitrogens is 4. The van der Waals surface area contributed by atoms with Crippen LogP contribution in [0, 0.1) is 11.3 Å².